The number of amides is 1. The molecule has 9 nitrogen and oxygen atoms in total. The van der Waals surface area contributed by atoms with E-state index in [4.69, 9.17) is 9.47 Å². The van der Waals surface area contributed by atoms with Gasteiger partial charge in [0.05, 0.1) is 29.8 Å². The van der Waals surface area contributed by atoms with Gasteiger partial charge in [-0.05, 0) is 65.5 Å². The van der Waals surface area contributed by atoms with Gasteiger partial charge in [-0.1, -0.05) is 18.6 Å². The summed E-state index contributed by atoms with van der Waals surface area (Å²) in [5.41, 5.74) is -3.11. The molecule has 6 rings (SSSR count). The lowest BCUT2D eigenvalue weighted by molar-refractivity contribution is -0.170. The number of aromatic nitrogens is 2. The van der Waals surface area contributed by atoms with E-state index in [0.29, 0.717) is 40.9 Å². The van der Waals surface area contributed by atoms with Crippen LogP contribution in [0.5, 0.6) is 11.5 Å². The first-order chi connectivity index (χ1) is 21.2. The van der Waals surface area contributed by atoms with Crippen molar-refractivity contribution in [3.63, 3.8) is 0 Å². The average molecular weight is 628 g/mol. The summed E-state index contributed by atoms with van der Waals surface area (Å²) in [6, 6.07) is 6.77. The highest BCUT2D eigenvalue weighted by Gasteiger charge is 2.55. The topological polar surface area (TPSA) is 100 Å². The van der Waals surface area contributed by atoms with Crippen molar-refractivity contribution in [1.29, 1.82) is 0 Å². The molecule has 242 valence electrons. The van der Waals surface area contributed by atoms with Crippen LogP contribution in [0, 0.1) is 12.7 Å². The fourth-order valence-corrected chi connectivity index (χ4v) is 6.42. The Kier molecular flexibility index (Phi) is 7.88. The minimum absolute atomic E-state index is 0.0308. The zero-order chi connectivity index (χ0) is 32.3. The van der Waals surface area contributed by atoms with Gasteiger partial charge < -0.3 is 19.9 Å². The third kappa shape index (κ3) is 5.67. The minimum atomic E-state index is -3.83. The van der Waals surface area contributed by atoms with Gasteiger partial charge in [0, 0.05) is 42.7 Å². The molecular formula is C33H40F3N5O4. The number of anilines is 1. The number of alkyl halides is 2. The van der Waals surface area contributed by atoms with Crippen LogP contribution in [-0.4, -0.2) is 74.9 Å². The van der Waals surface area contributed by atoms with Crippen LogP contribution in [0.15, 0.2) is 30.3 Å². The summed E-state index contributed by atoms with van der Waals surface area (Å²) >= 11 is 0. The Morgan fingerprint density at radius 3 is 2.51 bits per heavy atom. The number of nitrogens with zero attached hydrogens (tertiary/aromatic N) is 4. The Labute approximate surface area is 260 Å². The number of hydrogen-bond acceptors (Lipinski definition) is 8. The molecule has 1 spiro atoms. The first kappa shape index (κ1) is 31.3. The number of halogens is 3. The van der Waals surface area contributed by atoms with Crippen molar-refractivity contribution in [3.8, 4) is 11.5 Å². The van der Waals surface area contributed by atoms with Crippen molar-refractivity contribution in [3.05, 3.63) is 53.1 Å². The van der Waals surface area contributed by atoms with Gasteiger partial charge in [0.15, 0.2) is 11.5 Å². The fourth-order valence-electron chi connectivity index (χ4n) is 6.42. The number of fused-ring (bicyclic) bond motifs is 1. The summed E-state index contributed by atoms with van der Waals surface area (Å²) in [4.78, 5) is 27.0. The molecule has 1 unspecified atom stereocenters. The third-order valence-corrected chi connectivity index (χ3v) is 9.56. The number of carbonyl (C=O) groups is 1. The average Bonchev–Trinajstić information content (AvgIpc) is 3.70. The molecule has 2 heterocycles. The molecule has 3 aromatic rings. The number of piperazine rings is 1. The molecular weight excluding hydrogens is 587 g/mol. The van der Waals surface area contributed by atoms with E-state index in [1.807, 2.05) is 4.90 Å². The first-order valence-corrected chi connectivity index (χ1v) is 15.5. The number of aryl methyl sites for hydroxylation is 1. The number of carbonyl (C=O) groups excluding carboxylic acids is 1. The van der Waals surface area contributed by atoms with Crippen LogP contribution in [0.4, 0.5) is 23.8 Å². The lowest BCUT2D eigenvalue weighted by Crippen LogP contribution is -2.60. The fraction of sp³-hybridized carbons (Fsp3) is 0.545. The van der Waals surface area contributed by atoms with Crippen molar-refractivity contribution in [2.24, 2.45) is 0 Å². The van der Waals surface area contributed by atoms with Crippen molar-refractivity contribution in [1.82, 2.24) is 19.8 Å². The predicted molar refractivity (Wildman–Crippen MR) is 163 cm³/mol. The van der Waals surface area contributed by atoms with Crippen LogP contribution < -0.4 is 14.8 Å². The summed E-state index contributed by atoms with van der Waals surface area (Å²) in [5, 5.41) is 13.6. The molecule has 1 aromatic heterocycles. The zero-order valence-corrected chi connectivity index (χ0v) is 26.3. The Bertz CT molecular complexity index is 1620. The molecule has 3 aliphatic rings. The van der Waals surface area contributed by atoms with E-state index >= 15 is 4.39 Å². The quantitative estimate of drug-likeness (QED) is 0.299. The van der Waals surface area contributed by atoms with Crippen LogP contribution >= 0.6 is 0 Å². The van der Waals surface area contributed by atoms with Gasteiger partial charge in [-0.15, -0.1) is 0 Å². The molecule has 2 aromatic carbocycles. The van der Waals surface area contributed by atoms with E-state index in [0.717, 1.165) is 45.8 Å². The predicted octanol–water partition coefficient (Wildman–Crippen LogP) is 6.32. The van der Waals surface area contributed by atoms with Gasteiger partial charge in [-0.25, -0.2) is 19.2 Å². The van der Waals surface area contributed by atoms with E-state index in [-0.39, 0.29) is 16.9 Å². The van der Waals surface area contributed by atoms with Crippen molar-refractivity contribution < 1.29 is 32.5 Å². The summed E-state index contributed by atoms with van der Waals surface area (Å²) < 4.78 is 57.0. The first-order valence-electron chi connectivity index (χ1n) is 15.5. The Morgan fingerprint density at radius 2 is 1.89 bits per heavy atom. The van der Waals surface area contributed by atoms with E-state index in [1.54, 1.807) is 26.0 Å². The maximum atomic E-state index is 15.5. The van der Waals surface area contributed by atoms with Crippen LogP contribution in [0.1, 0.15) is 75.9 Å². The highest BCUT2D eigenvalue weighted by molar-refractivity contribution is 5.92. The highest BCUT2D eigenvalue weighted by Crippen LogP contribution is 2.47. The Morgan fingerprint density at radius 1 is 1.16 bits per heavy atom. The smallest absolute Gasteiger partial charge is 0.415 e. The second kappa shape index (κ2) is 11.3. The minimum Gasteiger partial charge on any atom is -0.493 e. The zero-order valence-electron chi connectivity index (χ0n) is 26.3. The van der Waals surface area contributed by atoms with E-state index in [1.165, 1.54) is 38.5 Å². The molecule has 3 fully saturated rings. The molecule has 0 bridgehead atoms. The Hall–Kier alpha value is -3.64. The largest absolute Gasteiger partial charge is 0.493 e. The molecule has 1 saturated heterocycles. The van der Waals surface area contributed by atoms with E-state index < -0.39 is 35.0 Å². The van der Waals surface area contributed by atoms with E-state index in [9.17, 15) is 18.7 Å². The van der Waals surface area contributed by atoms with Crippen molar-refractivity contribution in [2.75, 3.05) is 32.1 Å². The monoisotopic (exact) mass is 627 g/mol. The lowest BCUT2D eigenvalue weighted by atomic mass is 9.90. The number of aliphatic hydroxyl groups is 1. The molecule has 2 N–H and O–H groups in total. The van der Waals surface area contributed by atoms with Crippen LogP contribution in [0.2, 0.25) is 0 Å². The lowest BCUT2D eigenvalue weighted by Gasteiger charge is -2.47. The Balaban J connectivity index is 1.28. The standard InChI is InChI=1S/C33H40F3N5O4/c1-19(22-10-7-11-24(28(22)34)33(35,36)31(3,4)43)37-29-23-16-27(26(44-5)17-25(23)38-20(2)39-29)45-30(42)41-15-14-40(21-8-6-9-21)18-32(41)12-13-32/h7,10-11,16-17,19,21,43H,6,8-9,12-15,18H2,1-5H3,(H,37,38,39). The molecule has 1 atom stereocenters. The molecule has 2 aliphatic carbocycles. The van der Waals surface area contributed by atoms with Crippen molar-refractivity contribution in [2.45, 2.75) is 88.9 Å². The van der Waals surface area contributed by atoms with Gasteiger partial charge in [0.1, 0.15) is 23.1 Å². The summed E-state index contributed by atoms with van der Waals surface area (Å²) in [6.07, 6.45) is 5.14. The maximum absolute atomic E-state index is 15.5. The SMILES string of the molecule is COc1cc2nc(C)nc(NC(C)c3cccc(C(F)(F)C(C)(C)O)c3F)c2cc1OC(=O)N1CCN(C2CCC2)CC12CC2. The number of ether oxygens (including phenoxy) is 2. The molecule has 2 saturated carbocycles. The number of methoxy groups -OCH3 is 1. The van der Waals surface area contributed by atoms with Crippen LogP contribution in [0.25, 0.3) is 10.9 Å². The third-order valence-electron chi connectivity index (χ3n) is 9.56. The van der Waals surface area contributed by atoms with Gasteiger partial charge >= 0.3 is 12.0 Å². The van der Waals surface area contributed by atoms with Gasteiger partial charge in [0.25, 0.3) is 0 Å². The number of rotatable bonds is 8. The molecule has 45 heavy (non-hydrogen) atoms. The molecule has 12 heteroatoms. The second-order valence-electron chi connectivity index (χ2n) is 13.1. The number of hydrogen-bond donors (Lipinski definition) is 2. The summed E-state index contributed by atoms with van der Waals surface area (Å²) in [7, 11) is 1.48. The van der Waals surface area contributed by atoms with Gasteiger partial charge in [0.2, 0.25) is 0 Å². The highest BCUT2D eigenvalue weighted by atomic mass is 19.3. The summed E-state index contributed by atoms with van der Waals surface area (Å²) in [6.45, 7) is 7.46. The molecule has 0 radical (unpaired) electrons. The van der Waals surface area contributed by atoms with Gasteiger partial charge in [-0.3, -0.25) is 9.80 Å². The van der Waals surface area contributed by atoms with Crippen LogP contribution in [-0.2, 0) is 5.92 Å². The number of nitrogens with one attached hydrogen (secondary N) is 1. The number of benzene rings is 2. The second-order valence-corrected chi connectivity index (χ2v) is 13.1. The maximum Gasteiger partial charge on any atom is 0.415 e. The normalized spacial score (nSPS) is 19.4. The van der Waals surface area contributed by atoms with Gasteiger partial charge in [-0.2, -0.15) is 8.78 Å². The van der Waals surface area contributed by atoms with Crippen molar-refractivity contribution >= 4 is 22.8 Å². The summed E-state index contributed by atoms with van der Waals surface area (Å²) in [5.74, 6) is -3.73. The molecule has 1 amide bonds. The molecule has 1 aliphatic heterocycles. The van der Waals surface area contributed by atoms with E-state index in [2.05, 4.69) is 20.2 Å². The van der Waals surface area contributed by atoms with Crippen LogP contribution in [0.3, 0.4) is 0 Å².